The third kappa shape index (κ3) is 1.75. The molecule has 1 aliphatic rings. The largest absolute Gasteiger partial charge is 0.390 e. The highest BCUT2D eigenvalue weighted by molar-refractivity contribution is 5.37. The molecule has 88 valence electrons. The number of fused-ring (bicyclic) bond motifs is 1. The summed E-state index contributed by atoms with van der Waals surface area (Å²) >= 11 is 0. The zero-order valence-electron chi connectivity index (χ0n) is 10.7. The minimum absolute atomic E-state index is 0.0315. The van der Waals surface area contributed by atoms with Crippen molar-refractivity contribution >= 4 is 0 Å². The number of aliphatic hydroxyl groups is 1. The Labute approximate surface area is 97.7 Å². The molecule has 16 heavy (non-hydrogen) atoms. The summed E-state index contributed by atoms with van der Waals surface area (Å²) < 4.78 is 0. The van der Waals surface area contributed by atoms with Crippen LogP contribution in [0.15, 0.2) is 12.1 Å². The highest BCUT2D eigenvalue weighted by atomic mass is 16.3. The molecular weight excluding hydrogens is 198 g/mol. The van der Waals surface area contributed by atoms with Crippen LogP contribution >= 0.6 is 0 Å². The molecule has 0 spiro atoms. The highest BCUT2D eigenvalue weighted by Crippen LogP contribution is 2.44. The van der Waals surface area contributed by atoms with Gasteiger partial charge in [0.25, 0.3) is 0 Å². The normalized spacial score (nSPS) is 21.6. The van der Waals surface area contributed by atoms with Gasteiger partial charge in [0.1, 0.15) is 0 Å². The lowest BCUT2D eigenvalue weighted by atomic mass is 9.65. The second-order valence-electron chi connectivity index (χ2n) is 6.12. The van der Waals surface area contributed by atoms with Gasteiger partial charge in [0.15, 0.2) is 0 Å². The maximum absolute atomic E-state index is 9.18. The average Bonchev–Trinajstić information content (AvgIpc) is 2.24. The molecule has 0 unspecified atom stereocenters. The van der Waals surface area contributed by atoms with Crippen LogP contribution in [0.5, 0.6) is 0 Å². The molecule has 1 aromatic heterocycles. The standard InChI is InChI=1S/C14H21NO/c1-13(2)7-8-14(3,4)12-11(13)6-5-10(9-16)15-12/h5-6,16H,7-9H2,1-4H3. The molecule has 2 heteroatoms. The number of rotatable bonds is 1. The molecule has 0 bridgehead atoms. The third-order valence-corrected chi connectivity index (χ3v) is 3.86. The van der Waals surface area contributed by atoms with Crippen molar-refractivity contribution < 1.29 is 5.11 Å². The van der Waals surface area contributed by atoms with E-state index < -0.39 is 0 Å². The van der Waals surface area contributed by atoms with Gasteiger partial charge in [-0.15, -0.1) is 0 Å². The van der Waals surface area contributed by atoms with Crippen molar-refractivity contribution in [2.45, 2.75) is 58.0 Å². The van der Waals surface area contributed by atoms with Gasteiger partial charge in [-0.1, -0.05) is 33.8 Å². The van der Waals surface area contributed by atoms with Crippen LogP contribution in [-0.2, 0) is 17.4 Å². The predicted molar refractivity (Wildman–Crippen MR) is 65.4 cm³/mol. The van der Waals surface area contributed by atoms with Crippen LogP contribution < -0.4 is 0 Å². The van der Waals surface area contributed by atoms with E-state index in [2.05, 4.69) is 38.7 Å². The molecule has 0 saturated heterocycles. The molecule has 1 heterocycles. The number of pyridine rings is 1. The van der Waals surface area contributed by atoms with Crippen molar-refractivity contribution in [2.24, 2.45) is 0 Å². The van der Waals surface area contributed by atoms with Crippen LogP contribution in [0, 0.1) is 0 Å². The number of aromatic nitrogens is 1. The molecular formula is C14H21NO. The molecule has 2 nitrogen and oxygen atoms in total. The van der Waals surface area contributed by atoms with E-state index in [1.165, 1.54) is 17.7 Å². The van der Waals surface area contributed by atoms with Crippen LogP contribution in [0.3, 0.4) is 0 Å². The Bertz CT molecular complexity index is 407. The van der Waals surface area contributed by atoms with Gasteiger partial charge in [0, 0.05) is 5.41 Å². The Balaban J connectivity index is 2.60. The maximum Gasteiger partial charge on any atom is 0.0853 e. The molecule has 1 N–H and O–H groups in total. The fourth-order valence-electron chi connectivity index (χ4n) is 2.53. The van der Waals surface area contributed by atoms with Crippen LogP contribution in [0.25, 0.3) is 0 Å². The topological polar surface area (TPSA) is 33.1 Å². The Morgan fingerprint density at radius 3 is 2.38 bits per heavy atom. The van der Waals surface area contributed by atoms with Crippen LogP contribution in [0.4, 0.5) is 0 Å². The third-order valence-electron chi connectivity index (χ3n) is 3.86. The molecule has 1 aliphatic carbocycles. The van der Waals surface area contributed by atoms with Crippen LogP contribution in [0.1, 0.15) is 57.5 Å². The van der Waals surface area contributed by atoms with Gasteiger partial charge < -0.3 is 5.11 Å². The van der Waals surface area contributed by atoms with E-state index >= 15 is 0 Å². The summed E-state index contributed by atoms with van der Waals surface area (Å²) in [5, 5.41) is 9.18. The summed E-state index contributed by atoms with van der Waals surface area (Å²) in [6.45, 7) is 9.08. The summed E-state index contributed by atoms with van der Waals surface area (Å²) in [7, 11) is 0. The first kappa shape index (κ1) is 11.6. The smallest absolute Gasteiger partial charge is 0.0853 e. The second kappa shape index (κ2) is 3.56. The van der Waals surface area contributed by atoms with Gasteiger partial charge in [-0.2, -0.15) is 0 Å². The molecule has 1 aromatic rings. The summed E-state index contributed by atoms with van der Waals surface area (Å²) in [5.41, 5.74) is 3.66. The van der Waals surface area contributed by atoms with Gasteiger partial charge in [-0.25, -0.2) is 0 Å². The predicted octanol–water partition coefficient (Wildman–Crippen LogP) is 2.92. The van der Waals surface area contributed by atoms with E-state index in [-0.39, 0.29) is 17.4 Å². The zero-order valence-corrected chi connectivity index (χ0v) is 10.7. The van der Waals surface area contributed by atoms with Crippen molar-refractivity contribution in [3.05, 3.63) is 29.1 Å². The fraction of sp³-hybridized carbons (Fsp3) is 0.643. The number of hydrogen-bond acceptors (Lipinski definition) is 2. The van der Waals surface area contributed by atoms with E-state index in [1.807, 2.05) is 6.07 Å². The average molecular weight is 219 g/mol. The van der Waals surface area contributed by atoms with E-state index in [1.54, 1.807) is 0 Å². The van der Waals surface area contributed by atoms with E-state index in [0.29, 0.717) is 0 Å². The van der Waals surface area contributed by atoms with E-state index in [0.717, 1.165) is 12.1 Å². The zero-order chi connectivity index (χ0) is 12.0. The number of aliphatic hydroxyl groups excluding tert-OH is 1. The first-order valence-electron chi connectivity index (χ1n) is 5.98. The van der Waals surface area contributed by atoms with E-state index in [4.69, 9.17) is 0 Å². The van der Waals surface area contributed by atoms with Crippen molar-refractivity contribution in [1.29, 1.82) is 0 Å². The van der Waals surface area contributed by atoms with Crippen LogP contribution in [0.2, 0.25) is 0 Å². The van der Waals surface area contributed by atoms with Gasteiger partial charge in [0.2, 0.25) is 0 Å². The number of nitrogens with zero attached hydrogens (tertiary/aromatic N) is 1. The van der Waals surface area contributed by atoms with Gasteiger partial charge in [-0.3, -0.25) is 4.98 Å². The molecule has 0 saturated carbocycles. The summed E-state index contributed by atoms with van der Waals surface area (Å²) in [6.07, 6.45) is 2.36. The quantitative estimate of drug-likeness (QED) is 0.787. The van der Waals surface area contributed by atoms with Crippen molar-refractivity contribution in [3.63, 3.8) is 0 Å². The lowest BCUT2D eigenvalue weighted by Crippen LogP contribution is -2.35. The Hall–Kier alpha value is -0.890. The molecule has 0 atom stereocenters. The molecule has 2 rings (SSSR count). The molecule has 0 fully saturated rings. The Kier molecular flexibility index (Phi) is 2.58. The van der Waals surface area contributed by atoms with Gasteiger partial charge in [-0.05, 0) is 29.9 Å². The molecule has 0 aliphatic heterocycles. The summed E-state index contributed by atoms with van der Waals surface area (Å²) in [4.78, 5) is 4.63. The second-order valence-corrected chi connectivity index (χ2v) is 6.12. The SMILES string of the molecule is CC1(C)CCC(C)(C)c2nc(CO)ccc21. The summed E-state index contributed by atoms with van der Waals surface area (Å²) in [6, 6.07) is 4.09. The number of hydrogen-bond donors (Lipinski definition) is 1. The lowest BCUT2D eigenvalue weighted by molar-refractivity contribution is 0.272. The maximum atomic E-state index is 9.18. The molecule has 0 radical (unpaired) electrons. The monoisotopic (exact) mass is 219 g/mol. The summed E-state index contributed by atoms with van der Waals surface area (Å²) in [5.74, 6) is 0. The first-order valence-corrected chi connectivity index (χ1v) is 5.98. The highest BCUT2D eigenvalue weighted by Gasteiger charge is 2.38. The Morgan fingerprint density at radius 1 is 1.12 bits per heavy atom. The van der Waals surface area contributed by atoms with Crippen molar-refractivity contribution in [2.75, 3.05) is 0 Å². The molecule has 0 amide bonds. The van der Waals surface area contributed by atoms with E-state index in [9.17, 15) is 5.11 Å². The fourth-order valence-corrected chi connectivity index (χ4v) is 2.53. The van der Waals surface area contributed by atoms with Crippen LogP contribution in [-0.4, -0.2) is 10.1 Å². The Morgan fingerprint density at radius 2 is 1.75 bits per heavy atom. The first-order chi connectivity index (χ1) is 7.37. The minimum atomic E-state index is 0.0315. The van der Waals surface area contributed by atoms with Gasteiger partial charge >= 0.3 is 0 Å². The van der Waals surface area contributed by atoms with Crippen molar-refractivity contribution in [1.82, 2.24) is 4.98 Å². The minimum Gasteiger partial charge on any atom is -0.390 e. The van der Waals surface area contributed by atoms with Crippen molar-refractivity contribution in [3.8, 4) is 0 Å². The molecule has 0 aromatic carbocycles. The van der Waals surface area contributed by atoms with Gasteiger partial charge in [0.05, 0.1) is 18.0 Å². The lowest BCUT2D eigenvalue weighted by Gasteiger charge is -2.40.